The molecular weight excluding hydrogens is 242 g/mol. The average Bonchev–Trinajstić information content (AvgIpc) is 2.45. The lowest BCUT2D eigenvalue weighted by Crippen LogP contribution is -2.16. The zero-order valence-electron chi connectivity index (χ0n) is 10.5. The van der Waals surface area contributed by atoms with Gasteiger partial charge in [0.2, 0.25) is 0 Å². The lowest BCUT2D eigenvalue weighted by molar-refractivity contribution is 0.318. The smallest absolute Gasteiger partial charge is 0.188 e. The lowest BCUT2D eigenvalue weighted by Gasteiger charge is -2.06. The van der Waals surface area contributed by atoms with Gasteiger partial charge >= 0.3 is 0 Å². The van der Waals surface area contributed by atoms with Gasteiger partial charge in [-0.05, 0) is 18.6 Å². The molecule has 0 spiro atoms. The van der Waals surface area contributed by atoms with Crippen molar-refractivity contribution < 1.29 is 5.21 Å². The van der Waals surface area contributed by atoms with Crippen molar-refractivity contribution in [2.45, 2.75) is 13.5 Å². The highest BCUT2D eigenvalue weighted by Gasteiger charge is 2.07. The van der Waals surface area contributed by atoms with E-state index in [1.165, 1.54) is 0 Å². The molecule has 0 saturated carbocycles. The molecule has 1 aromatic heterocycles. The van der Waals surface area contributed by atoms with Gasteiger partial charge in [0, 0.05) is 12.1 Å². The van der Waals surface area contributed by atoms with E-state index in [4.69, 9.17) is 16.7 Å². The Bertz CT molecular complexity index is 607. The topological polar surface area (TPSA) is 110 Å². The fourth-order valence-corrected chi connectivity index (χ4v) is 1.71. The van der Waals surface area contributed by atoms with Crippen molar-refractivity contribution in [2.24, 2.45) is 16.6 Å². The third kappa shape index (κ3) is 2.86. The quantitative estimate of drug-likeness (QED) is 0.329. The Hall–Kier alpha value is -2.47. The molecule has 6 heteroatoms. The summed E-state index contributed by atoms with van der Waals surface area (Å²) in [6, 6.07) is 9.42. The minimum Gasteiger partial charge on any atom is -0.409 e. The van der Waals surface area contributed by atoms with Crippen molar-refractivity contribution in [3.05, 3.63) is 47.4 Å². The highest BCUT2D eigenvalue weighted by atomic mass is 16.4. The van der Waals surface area contributed by atoms with Crippen LogP contribution in [-0.2, 0) is 6.54 Å². The molecule has 0 unspecified atom stereocenters. The van der Waals surface area contributed by atoms with E-state index in [0.717, 1.165) is 16.8 Å². The molecule has 19 heavy (non-hydrogen) atoms. The fourth-order valence-electron chi connectivity index (χ4n) is 1.71. The maximum atomic E-state index is 8.70. The molecule has 0 saturated heterocycles. The molecule has 98 valence electrons. The number of hydrogen-bond donors (Lipinski definition) is 3. The molecule has 0 atom stereocenters. The predicted octanol–water partition coefficient (Wildman–Crippen LogP) is 1.01. The molecule has 0 aliphatic carbocycles. The van der Waals surface area contributed by atoms with E-state index >= 15 is 0 Å². The average molecular weight is 257 g/mol. The molecule has 0 aliphatic heterocycles. The first kappa shape index (κ1) is 13.0. The number of amidine groups is 1. The van der Waals surface area contributed by atoms with Crippen molar-refractivity contribution in [3.63, 3.8) is 0 Å². The van der Waals surface area contributed by atoms with Crippen molar-refractivity contribution in [3.8, 4) is 11.3 Å². The zero-order chi connectivity index (χ0) is 13.8. The van der Waals surface area contributed by atoms with Crippen LogP contribution in [-0.4, -0.2) is 21.0 Å². The Morgan fingerprint density at radius 3 is 2.53 bits per heavy atom. The second-order valence-corrected chi connectivity index (χ2v) is 4.07. The molecule has 1 aromatic carbocycles. The van der Waals surface area contributed by atoms with E-state index < -0.39 is 0 Å². The molecule has 0 amide bonds. The molecule has 0 fully saturated rings. The normalized spacial score (nSPS) is 11.6. The largest absolute Gasteiger partial charge is 0.409 e. The summed E-state index contributed by atoms with van der Waals surface area (Å²) in [6.07, 6.45) is 0. The summed E-state index contributed by atoms with van der Waals surface area (Å²) < 4.78 is 0. The first-order valence-corrected chi connectivity index (χ1v) is 5.77. The Morgan fingerprint density at radius 1 is 1.26 bits per heavy atom. The summed E-state index contributed by atoms with van der Waals surface area (Å²) in [7, 11) is 0. The van der Waals surface area contributed by atoms with Gasteiger partial charge in [-0.1, -0.05) is 29.4 Å². The highest BCUT2D eigenvalue weighted by Crippen LogP contribution is 2.18. The molecule has 0 radical (unpaired) electrons. The number of benzene rings is 1. The Balaban J connectivity index is 2.46. The van der Waals surface area contributed by atoms with Gasteiger partial charge in [0.25, 0.3) is 0 Å². The summed E-state index contributed by atoms with van der Waals surface area (Å²) in [5.74, 6) is 0.521. The molecule has 2 rings (SSSR count). The third-order valence-electron chi connectivity index (χ3n) is 2.69. The molecule has 5 N–H and O–H groups in total. The number of aromatic nitrogens is 2. The van der Waals surface area contributed by atoms with E-state index in [9.17, 15) is 0 Å². The maximum absolute atomic E-state index is 8.70. The van der Waals surface area contributed by atoms with Crippen LogP contribution in [0.3, 0.4) is 0 Å². The van der Waals surface area contributed by atoms with Crippen LogP contribution >= 0.6 is 0 Å². The van der Waals surface area contributed by atoms with Crippen molar-refractivity contribution in [1.82, 2.24) is 9.97 Å². The maximum Gasteiger partial charge on any atom is 0.188 e. The van der Waals surface area contributed by atoms with Crippen molar-refractivity contribution in [2.75, 3.05) is 0 Å². The fraction of sp³-hybridized carbons (Fsp3) is 0.154. The first-order chi connectivity index (χ1) is 9.13. The highest BCUT2D eigenvalue weighted by molar-refractivity contribution is 5.96. The zero-order valence-corrected chi connectivity index (χ0v) is 10.5. The second kappa shape index (κ2) is 5.45. The molecule has 2 aromatic rings. The predicted molar refractivity (Wildman–Crippen MR) is 72.6 cm³/mol. The first-order valence-electron chi connectivity index (χ1n) is 5.77. The van der Waals surface area contributed by atoms with Crippen LogP contribution in [0.1, 0.15) is 17.1 Å². The summed E-state index contributed by atoms with van der Waals surface area (Å²) >= 11 is 0. The summed E-state index contributed by atoms with van der Waals surface area (Å²) in [4.78, 5) is 8.46. The van der Waals surface area contributed by atoms with Gasteiger partial charge < -0.3 is 16.7 Å². The van der Waals surface area contributed by atoms with E-state index in [-0.39, 0.29) is 5.84 Å². The van der Waals surface area contributed by atoms with Gasteiger partial charge in [-0.3, -0.25) is 0 Å². The molecule has 6 nitrogen and oxygen atoms in total. The monoisotopic (exact) mass is 257 g/mol. The lowest BCUT2D eigenvalue weighted by atomic mass is 10.1. The number of aryl methyl sites for hydroxylation is 1. The third-order valence-corrected chi connectivity index (χ3v) is 2.69. The number of nitrogens with zero attached hydrogens (tertiary/aromatic N) is 3. The van der Waals surface area contributed by atoms with E-state index in [0.29, 0.717) is 18.1 Å². The number of hydrogen-bond acceptors (Lipinski definition) is 5. The van der Waals surface area contributed by atoms with E-state index in [2.05, 4.69) is 15.1 Å². The Labute approximate surface area is 110 Å². The standard InChI is InChI=1S/C13H15N5O/c1-8-16-11(6-12(17-8)13(15)18-19)10-4-2-9(7-14)3-5-10/h2-6,19H,7,14H2,1H3,(H2,15,18). The number of nitrogens with two attached hydrogens (primary N) is 2. The molecular formula is C13H15N5O. The summed E-state index contributed by atoms with van der Waals surface area (Å²) in [5.41, 5.74) is 14.2. The Morgan fingerprint density at radius 2 is 1.95 bits per heavy atom. The van der Waals surface area contributed by atoms with Crippen LogP contribution in [0.5, 0.6) is 0 Å². The minimum absolute atomic E-state index is 0.0367. The minimum atomic E-state index is -0.0367. The molecule has 1 heterocycles. The van der Waals surface area contributed by atoms with Gasteiger partial charge in [-0.15, -0.1) is 0 Å². The van der Waals surface area contributed by atoms with Crippen LogP contribution in [0.4, 0.5) is 0 Å². The van der Waals surface area contributed by atoms with Gasteiger partial charge in [0.15, 0.2) is 5.84 Å². The van der Waals surface area contributed by atoms with Crippen LogP contribution in [0, 0.1) is 6.92 Å². The van der Waals surface area contributed by atoms with Crippen molar-refractivity contribution in [1.29, 1.82) is 0 Å². The molecule has 0 aliphatic rings. The SMILES string of the molecule is Cc1nc(C(N)=NO)cc(-c2ccc(CN)cc2)n1. The Kier molecular flexibility index (Phi) is 3.72. The van der Waals surface area contributed by atoms with E-state index in [1.54, 1.807) is 13.0 Å². The van der Waals surface area contributed by atoms with Gasteiger partial charge in [-0.25, -0.2) is 9.97 Å². The molecule has 0 bridgehead atoms. The second-order valence-electron chi connectivity index (χ2n) is 4.07. The van der Waals surface area contributed by atoms with E-state index in [1.807, 2.05) is 24.3 Å². The van der Waals surface area contributed by atoms with Gasteiger partial charge in [0.05, 0.1) is 5.69 Å². The number of rotatable bonds is 3. The summed E-state index contributed by atoms with van der Waals surface area (Å²) in [6.45, 7) is 2.25. The van der Waals surface area contributed by atoms with Gasteiger partial charge in [-0.2, -0.15) is 0 Å². The van der Waals surface area contributed by atoms with Crippen molar-refractivity contribution >= 4 is 5.84 Å². The van der Waals surface area contributed by atoms with Crippen LogP contribution in [0.25, 0.3) is 11.3 Å². The van der Waals surface area contributed by atoms with Crippen LogP contribution < -0.4 is 11.5 Å². The van der Waals surface area contributed by atoms with Crippen LogP contribution in [0.15, 0.2) is 35.5 Å². The number of oxime groups is 1. The van der Waals surface area contributed by atoms with Crippen LogP contribution in [0.2, 0.25) is 0 Å². The summed E-state index contributed by atoms with van der Waals surface area (Å²) in [5, 5.41) is 11.6. The van der Waals surface area contributed by atoms with Gasteiger partial charge in [0.1, 0.15) is 11.5 Å².